The lowest BCUT2D eigenvalue weighted by Gasteiger charge is -2.14. The topological polar surface area (TPSA) is 72.2 Å². The van der Waals surface area contributed by atoms with Crippen molar-refractivity contribution in [2.45, 2.75) is 24.8 Å². The number of rotatable bonds is 6. The summed E-state index contributed by atoms with van der Waals surface area (Å²) in [6.07, 6.45) is 0. The lowest BCUT2D eigenvalue weighted by Crippen LogP contribution is -2.35. The summed E-state index contributed by atoms with van der Waals surface area (Å²) in [6, 6.07) is 1.14. The van der Waals surface area contributed by atoms with Crippen molar-refractivity contribution in [3.05, 3.63) is 23.8 Å². The molecule has 19 heavy (non-hydrogen) atoms. The zero-order valence-corrected chi connectivity index (χ0v) is 12.2. The minimum atomic E-state index is -4.24. The van der Waals surface area contributed by atoms with E-state index in [1.54, 1.807) is 6.92 Å². The summed E-state index contributed by atoms with van der Waals surface area (Å²) < 4.78 is 53.2. The van der Waals surface area contributed by atoms with Gasteiger partial charge in [-0.1, -0.05) is 6.92 Å². The van der Waals surface area contributed by atoms with Crippen LogP contribution in [0.2, 0.25) is 0 Å². The first-order valence-electron chi connectivity index (χ1n) is 5.62. The molecule has 1 aromatic rings. The van der Waals surface area contributed by atoms with Crippen molar-refractivity contribution < 1.29 is 17.2 Å². The molecule has 0 bridgehead atoms. The highest BCUT2D eigenvalue weighted by molar-refractivity contribution is 7.99. The van der Waals surface area contributed by atoms with Crippen molar-refractivity contribution in [3.63, 3.8) is 0 Å². The Kier molecular flexibility index (Phi) is 5.57. The number of hydrogen-bond donors (Lipinski definition) is 2. The van der Waals surface area contributed by atoms with E-state index in [4.69, 9.17) is 5.73 Å². The third-order valence-electron chi connectivity index (χ3n) is 2.22. The van der Waals surface area contributed by atoms with Gasteiger partial charge in [0.15, 0.2) is 4.90 Å². The van der Waals surface area contributed by atoms with Crippen LogP contribution in [-0.2, 0) is 10.0 Å². The van der Waals surface area contributed by atoms with Gasteiger partial charge in [-0.3, -0.25) is 0 Å². The van der Waals surface area contributed by atoms with Gasteiger partial charge in [0.2, 0.25) is 10.0 Å². The fraction of sp³-hybridized carbons (Fsp3) is 0.455. The molecule has 0 spiro atoms. The molecule has 3 N–H and O–H groups in total. The number of hydrogen-bond acceptors (Lipinski definition) is 4. The molecule has 4 nitrogen and oxygen atoms in total. The van der Waals surface area contributed by atoms with E-state index < -0.39 is 32.6 Å². The number of nitrogen functional groups attached to an aromatic ring is 1. The monoisotopic (exact) mass is 310 g/mol. The largest absolute Gasteiger partial charge is 0.399 e. The van der Waals surface area contributed by atoms with Crippen LogP contribution in [0.1, 0.15) is 13.8 Å². The van der Waals surface area contributed by atoms with Gasteiger partial charge in [0, 0.05) is 17.5 Å². The minimum Gasteiger partial charge on any atom is -0.399 e. The normalized spacial score (nSPS) is 13.5. The van der Waals surface area contributed by atoms with Gasteiger partial charge >= 0.3 is 0 Å². The molecule has 8 heteroatoms. The van der Waals surface area contributed by atoms with Crippen LogP contribution < -0.4 is 10.5 Å². The Balaban J connectivity index is 3.01. The Morgan fingerprint density at radius 2 is 1.89 bits per heavy atom. The molecule has 1 aromatic carbocycles. The Morgan fingerprint density at radius 3 is 2.37 bits per heavy atom. The first-order chi connectivity index (χ1) is 8.77. The van der Waals surface area contributed by atoms with Gasteiger partial charge < -0.3 is 5.73 Å². The number of thioether (sulfide) groups is 1. The van der Waals surface area contributed by atoms with Crippen molar-refractivity contribution in [2.24, 2.45) is 0 Å². The average molecular weight is 310 g/mol. The van der Waals surface area contributed by atoms with E-state index in [1.165, 1.54) is 11.8 Å². The fourth-order valence-corrected chi connectivity index (χ4v) is 3.63. The molecule has 108 valence electrons. The molecule has 0 saturated heterocycles. The van der Waals surface area contributed by atoms with Gasteiger partial charge in [-0.25, -0.2) is 21.9 Å². The summed E-state index contributed by atoms with van der Waals surface area (Å²) in [4.78, 5) is -0.991. The summed E-state index contributed by atoms with van der Waals surface area (Å²) in [5.41, 5.74) is 5.08. The lowest BCUT2D eigenvalue weighted by molar-refractivity contribution is 0.511. The predicted octanol–water partition coefficient (Wildman–Crippen LogP) is 1.97. The van der Waals surface area contributed by atoms with E-state index >= 15 is 0 Å². The van der Waals surface area contributed by atoms with Crippen molar-refractivity contribution in [2.75, 3.05) is 17.2 Å². The Labute approximate surface area is 115 Å². The summed E-state index contributed by atoms with van der Waals surface area (Å²) in [6.45, 7) is 3.57. The summed E-state index contributed by atoms with van der Waals surface area (Å²) in [7, 11) is -4.24. The second-order valence-electron chi connectivity index (χ2n) is 4.00. The van der Waals surface area contributed by atoms with Crippen LogP contribution >= 0.6 is 11.8 Å². The molecule has 0 amide bonds. The zero-order valence-electron chi connectivity index (χ0n) is 10.6. The zero-order chi connectivity index (χ0) is 14.6. The summed E-state index contributed by atoms with van der Waals surface area (Å²) in [5, 5.41) is 0. The summed E-state index contributed by atoms with van der Waals surface area (Å²) in [5.74, 6) is -1.04. The molecule has 0 heterocycles. The standard InChI is InChI=1S/C11H16F2N2O2S2/c1-3-18-6-7(2)15-19(16,17)11-9(12)4-8(14)5-10(11)13/h4-5,7,15H,3,6,14H2,1-2H3. The molecule has 0 aliphatic rings. The Morgan fingerprint density at radius 1 is 1.37 bits per heavy atom. The Bertz CT molecular complexity index is 527. The third kappa shape index (κ3) is 4.32. The molecular weight excluding hydrogens is 294 g/mol. The number of nitrogens with one attached hydrogen (secondary N) is 1. The second kappa shape index (κ2) is 6.53. The van der Waals surface area contributed by atoms with E-state index in [9.17, 15) is 17.2 Å². The van der Waals surface area contributed by atoms with Crippen LogP contribution in [0.3, 0.4) is 0 Å². The van der Waals surface area contributed by atoms with Crippen molar-refractivity contribution >= 4 is 27.5 Å². The summed E-state index contributed by atoms with van der Waals surface area (Å²) >= 11 is 1.53. The van der Waals surface area contributed by atoms with Crippen LogP contribution in [0, 0.1) is 11.6 Å². The molecule has 0 saturated carbocycles. The number of anilines is 1. The molecule has 0 aromatic heterocycles. The highest BCUT2D eigenvalue weighted by Gasteiger charge is 2.26. The SMILES string of the molecule is CCSCC(C)NS(=O)(=O)c1c(F)cc(N)cc1F. The predicted molar refractivity (Wildman–Crippen MR) is 73.6 cm³/mol. The van der Waals surface area contributed by atoms with E-state index in [0.29, 0.717) is 5.75 Å². The molecule has 0 aliphatic heterocycles. The van der Waals surface area contributed by atoms with Crippen LogP contribution in [0.5, 0.6) is 0 Å². The molecule has 0 aliphatic carbocycles. The molecule has 1 rings (SSSR count). The van der Waals surface area contributed by atoms with Gasteiger partial charge in [0.1, 0.15) is 11.6 Å². The number of nitrogens with two attached hydrogens (primary N) is 1. The van der Waals surface area contributed by atoms with Crippen LogP contribution in [0.15, 0.2) is 17.0 Å². The van der Waals surface area contributed by atoms with Gasteiger partial charge in [-0.05, 0) is 24.8 Å². The number of benzene rings is 1. The molecular formula is C11H16F2N2O2S2. The lowest BCUT2D eigenvalue weighted by atomic mass is 10.3. The molecule has 1 atom stereocenters. The van der Waals surface area contributed by atoms with Crippen LogP contribution in [0.25, 0.3) is 0 Å². The maximum Gasteiger partial charge on any atom is 0.246 e. The quantitative estimate of drug-likeness (QED) is 0.788. The maximum atomic E-state index is 13.6. The smallest absolute Gasteiger partial charge is 0.246 e. The van der Waals surface area contributed by atoms with E-state index in [-0.39, 0.29) is 5.69 Å². The first kappa shape index (κ1) is 16.2. The highest BCUT2D eigenvalue weighted by atomic mass is 32.2. The first-order valence-corrected chi connectivity index (χ1v) is 8.26. The van der Waals surface area contributed by atoms with Crippen molar-refractivity contribution in [1.29, 1.82) is 0 Å². The van der Waals surface area contributed by atoms with Gasteiger partial charge in [-0.2, -0.15) is 11.8 Å². The average Bonchev–Trinajstić information content (AvgIpc) is 2.23. The minimum absolute atomic E-state index is 0.163. The van der Waals surface area contributed by atoms with Crippen LogP contribution in [-0.4, -0.2) is 26.0 Å². The molecule has 1 unspecified atom stereocenters. The second-order valence-corrected chi connectivity index (χ2v) is 6.97. The third-order valence-corrected chi connectivity index (χ3v) is 5.00. The number of sulfonamides is 1. The number of halogens is 2. The van der Waals surface area contributed by atoms with E-state index in [2.05, 4.69) is 4.72 Å². The van der Waals surface area contributed by atoms with Gasteiger partial charge in [0.25, 0.3) is 0 Å². The van der Waals surface area contributed by atoms with Crippen molar-refractivity contribution in [3.8, 4) is 0 Å². The van der Waals surface area contributed by atoms with Gasteiger partial charge in [-0.15, -0.1) is 0 Å². The van der Waals surface area contributed by atoms with Crippen LogP contribution in [0.4, 0.5) is 14.5 Å². The fourth-order valence-electron chi connectivity index (χ4n) is 1.49. The molecule has 0 radical (unpaired) electrons. The van der Waals surface area contributed by atoms with E-state index in [0.717, 1.165) is 17.9 Å². The molecule has 0 fully saturated rings. The Hall–Kier alpha value is -0.860. The van der Waals surface area contributed by atoms with Crippen molar-refractivity contribution in [1.82, 2.24) is 4.72 Å². The van der Waals surface area contributed by atoms with Gasteiger partial charge in [0.05, 0.1) is 0 Å². The highest BCUT2D eigenvalue weighted by Crippen LogP contribution is 2.22. The van der Waals surface area contributed by atoms with E-state index in [1.807, 2.05) is 6.92 Å². The maximum absolute atomic E-state index is 13.6.